The topological polar surface area (TPSA) is 58.1 Å². The van der Waals surface area contributed by atoms with Crippen molar-refractivity contribution in [2.24, 2.45) is 11.8 Å². The number of carbonyl (C=O) groups excluding carboxylic acids is 1. The highest BCUT2D eigenvalue weighted by Crippen LogP contribution is 2.23. The highest BCUT2D eigenvalue weighted by Gasteiger charge is 2.30. The molecular formula is C13H20N4O. The summed E-state index contributed by atoms with van der Waals surface area (Å²) in [4.78, 5) is 22.5. The lowest BCUT2D eigenvalue weighted by Gasteiger charge is -2.15. The van der Waals surface area contributed by atoms with Crippen LogP contribution < -0.4 is 5.32 Å². The molecule has 2 rings (SSSR count). The van der Waals surface area contributed by atoms with Gasteiger partial charge < -0.3 is 10.2 Å². The molecule has 1 amide bonds. The van der Waals surface area contributed by atoms with Crippen LogP contribution in [0, 0.1) is 11.8 Å². The Morgan fingerprint density at radius 1 is 1.39 bits per heavy atom. The first-order valence-corrected chi connectivity index (χ1v) is 6.47. The molecule has 5 nitrogen and oxygen atoms in total. The summed E-state index contributed by atoms with van der Waals surface area (Å²) >= 11 is 0. The monoisotopic (exact) mass is 248 g/mol. The molecule has 1 aromatic rings. The third-order valence-corrected chi connectivity index (χ3v) is 3.49. The van der Waals surface area contributed by atoms with E-state index in [2.05, 4.69) is 29.1 Å². The standard InChI is InChI=1S/C13H20N4O/c1-4-15-12-6-14-5-11(16-12)13(18)17-7-9(2)10(3)8-17/h5-6,9-10H,4,7-8H2,1-3H3,(H,15,16). The molecule has 2 unspecified atom stereocenters. The van der Waals surface area contributed by atoms with Crippen molar-refractivity contribution in [3.63, 3.8) is 0 Å². The van der Waals surface area contributed by atoms with E-state index in [1.54, 1.807) is 6.20 Å². The number of nitrogens with zero attached hydrogens (tertiary/aromatic N) is 3. The van der Waals surface area contributed by atoms with E-state index in [1.165, 1.54) is 6.20 Å². The van der Waals surface area contributed by atoms with Gasteiger partial charge in [-0.3, -0.25) is 9.78 Å². The zero-order valence-corrected chi connectivity index (χ0v) is 11.2. The van der Waals surface area contributed by atoms with Gasteiger partial charge in [-0.15, -0.1) is 0 Å². The number of hydrogen-bond donors (Lipinski definition) is 1. The Morgan fingerprint density at radius 2 is 2.06 bits per heavy atom. The largest absolute Gasteiger partial charge is 0.369 e. The van der Waals surface area contributed by atoms with Crippen LogP contribution in [-0.4, -0.2) is 40.4 Å². The minimum Gasteiger partial charge on any atom is -0.369 e. The molecule has 0 radical (unpaired) electrons. The molecule has 0 aliphatic carbocycles. The average molecular weight is 248 g/mol. The van der Waals surface area contributed by atoms with Crippen LogP contribution in [0.3, 0.4) is 0 Å². The van der Waals surface area contributed by atoms with E-state index in [4.69, 9.17) is 0 Å². The second-order valence-corrected chi connectivity index (χ2v) is 4.98. The Kier molecular flexibility index (Phi) is 3.79. The second-order valence-electron chi connectivity index (χ2n) is 4.98. The van der Waals surface area contributed by atoms with Gasteiger partial charge in [-0.25, -0.2) is 4.98 Å². The Labute approximate surface area is 108 Å². The third-order valence-electron chi connectivity index (χ3n) is 3.49. The van der Waals surface area contributed by atoms with Gasteiger partial charge in [0.1, 0.15) is 11.5 Å². The predicted molar refractivity (Wildman–Crippen MR) is 70.4 cm³/mol. The van der Waals surface area contributed by atoms with Crippen molar-refractivity contribution in [2.75, 3.05) is 25.0 Å². The normalized spacial score (nSPS) is 23.2. The van der Waals surface area contributed by atoms with Crippen LogP contribution in [0.4, 0.5) is 5.82 Å². The van der Waals surface area contributed by atoms with Gasteiger partial charge in [-0.2, -0.15) is 0 Å². The molecule has 98 valence electrons. The Hall–Kier alpha value is -1.65. The fraction of sp³-hybridized carbons (Fsp3) is 0.615. The summed E-state index contributed by atoms with van der Waals surface area (Å²) in [7, 11) is 0. The van der Waals surface area contributed by atoms with Crippen molar-refractivity contribution in [3.8, 4) is 0 Å². The number of anilines is 1. The van der Waals surface area contributed by atoms with Crippen LogP contribution in [0.15, 0.2) is 12.4 Å². The quantitative estimate of drug-likeness (QED) is 0.883. The van der Waals surface area contributed by atoms with Crippen molar-refractivity contribution in [1.82, 2.24) is 14.9 Å². The smallest absolute Gasteiger partial charge is 0.274 e. The highest BCUT2D eigenvalue weighted by molar-refractivity contribution is 5.92. The molecule has 1 aliphatic heterocycles. The zero-order chi connectivity index (χ0) is 13.1. The lowest BCUT2D eigenvalue weighted by Crippen LogP contribution is -2.29. The first-order chi connectivity index (χ1) is 8.61. The lowest BCUT2D eigenvalue weighted by atomic mass is 10.0. The van der Waals surface area contributed by atoms with Gasteiger partial charge in [-0.1, -0.05) is 13.8 Å². The number of likely N-dealkylation sites (tertiary alicyclic amines) is 1. The van der Waals surface area contributed by atoms with Crippen molar-refractivity contribution in [3.05, 3.63) is 18.1 Å². The number of nitrogens with one attached hydrogen (secondary N) is 1. The van der Waals surface area contributed by atoms with E-state index < -0.39 is 0 Å². The van der Waals surface area contributed by atoms with Crippen molar-refractivity contribution >= 4 is 11.7 Å². The van der Waals surface area contributed by atoms with Gasteiger partial charge in [0.05, 0.1) is 12.4 Å². The van der Waals surface area contributed by atoms with E-state index in [-0.39, 0.29) is 5.91 Å². The number of aromatic nitrogens is 2. The molecular weight excluding hydrogens is 228 g/mol. The zero-order valence-electron chi connectivity index (χ0n) is 11.2. The fourth-order valence-corrected chi connectivity index (χ4v) is 2.19. The Bertz CT molecular complexity index is 425. The van der Waals surface area contributed by atoms with E-state index in [9.17, 15) is 4.79 Å². The number of hydrogen-bond acceptors (Lipinski definition) is 4. The predicted octanol–water partition coefficient (Wildman–Crippen LogP) is 1.64. The molecule has 0 spiro atoms. The van der Waals surface area contributed by atoms with Crippen molar-refractivity contribution in [1.29, 1.82) is 0 Å². The summed E-state index contributed by atoms with van der Waals surface area (Å²) in [5.74, 6) is 1.75. The van der Waals surface area contributed by atoms with Gasteiger partial charge in [0.2, 0.25) is 0 Å². The van der Waals surface area contributed by atoms with E-state index >= 15 is 0 Å². The van der Waals surface area contributed by atoms with Gasteiger partial charge in [-0.05, 0) is 18.8 Å². The van der Waals surface area contributed by atoms with E-state index in [0.717, 1.165) is 19.6 Å². The fourth-order valence-electron chi connectivity index (χ4n) is 2.19. The van der Waals surface area contributed by atoms with Crippen LogP contribution in [-0.2, 0) is 0 Å². The summed E-state index contributed by atoms with van der Waals surface area (Å²) in [6.45, 7) is 8.74. The molecule has 1 aromatic heterocycles. The molecule has 18 heavy (non-hydrogen) atoms. The lowest BCUT2D eigenvalue weighted by molar-refractivity contribution is 0.0779. The van der Waals surface area contributed by atoms with Gasteiger partial charge in [0.15, 0.2) is 0 Å². The minimum atomic E-state index is -0.0153. The van der Waals surface area contributed by atoms with Crippen LogP contribution >= 0.6 is 0 Å². The number of amides is 1. The summed E-state index contributed by atoms with van der Waals surface area (Å²) < 4.78 is 0. The molecule has 1 fully saturated rings. The van der Waals surface area contributed by atoms with E-state index in [0.29, 0.717) is 23.3 Å². The highest BCUT2D eigenvalue weighted by atomic mass is 16.2. The summed E-state index contributed by atoms with van der Waals surface area (Å²) in [6, 6.07) is 0. The maximum Gasteiger partial charge on any atom is 0.274 e. The molecule has 1 aliphatic rings. The molecule has 1 N–H and O–H groups in total. The molecule has 0 saturated carbocycles. The second kappa shape index (κ2) is 5.33. The molecule has 0 bridgehead atoms. The molecule has 5 heteroatoms. The number of carbonyl (C=O) groups is 1. The van der Waals surface area contributed by atoms with Crippen LogP contribution in [0.1, 0.15) is 31.3 Å². The third kappa shape index (κ3) is 2.60. The molecule has 2 atom stereocenters. The maximum absolute atomic E-state index is 12.3. The maximum atomic E-state index is 12.3. The summed E-state index contributed by atoms with van der Waals surface area (Å²) in [5, 5.41) is 3.07. The van der Waals surface area contributed by atoms with Crippen LogP contribution in [0.25, 0.3) is 0 Å². The molecule has 2 heterocycles. The average Bonchev–Trinajstić information content (AvgIpc) is 2.69. The molecule has 0 aromatic carbocycles. The molecule has 1 saturated heterocycles. The summed E-state index contributed by atoms with van der Waals surface area (Å²) in [6.07, 6.45) is 3.17. The Morgan fingerprint density at radius 3 is 2.67 bits per heavy atom. The minimum absolute atomic E-state index is 0.0153. The van der Waals surface area contributed by atoms with Crippen LogP contribution in [0.2, 0.25) is 0 Å². The van der Waals surface area contributed by atoms with Gasteiger partial charge in [0, 0.05) is 19.6 Å². The van der Waals surface area contributed by atoms with E-state index in [1.807, 2.05) is 11.8 Å². The van der Waals surface area contributed by atoms with Crippen molar-refractivity contribution in [2.45, 2.75) is 20.8 Å². The van der Waals surface area contributed by atoms with Crippen molar-refractivity contribution < 1.29 is 4.79 Å². The van der Waals surface area contributed by atoms with Gasteiger partial charge >= 0.3 is 0 Å². The first kappa shape index (κ1) is 12.8. The Balaban J connectivity index is 2.11. The van der Waals surface area contributed by atoms with Gasteiger partial charge in [0.25, 0.3) is 5.91 Å². The summed E-state index contributed by atoms with van der Waals surface area (Å²) in [5.41, 5.74) is 0.426. The van der Waals surface area contributed by atoms with Crippen LogP contribution in [0.5, 0.6) is 0 Å². The first-order valence-electron chi connectivity index (χ1n) is 6.47. The number of rotatable bonds is 3. The SMILES string of the molecule is CCNc1cncc(C(=O)N2CC(C)C(C)C2)n1.